The number of carbonyl (C=O) groups excluding carboxylic acids is 1. The fraction of sp³-hybridized carbons (Fsp3) is 0.0968. The lowest BCUT2D eigenvalue weighted by molar-refractivity contribution is -0.384. The summed E-state index contributed by atoms with van der Waals surface area (Å²) in [7, 11) is 0. The number of fused-ring (bicyclic) bond motifs is 1. The van der Waals surface area contributed by atoms with Crippen LogP contribution in [0.3, 0.4) is 0 Å². The molecule has 0 aliphatic rings. The van der Waals surface area contributed by atoms with Crippen LogP contribution in [0.1, 0.15) is 44.8 Å². The van der Waals surface area contributed by atoms with Crippen LogP contribution in [-0.4, -0.2) is 26.5 Å². The number of rotatable bonds is 8. The van der Waals surface area contributed by atoms with Crippen molar-refractivity contribution in [2.45, 2.75) is 19.5 Å². The van der Waals surface area contributed by atoms with E-state index in [9.17, 15) is 24.8 Å². The maximum atomic E-state index is 12.9. The minimum atomic E-state index is -0.956. The topological polar surface area (TPSA) is 114 Å². The van der Waals surface area contributed by atoms with Crippen molar-refractivity contribution in [3.05, 3.63) is 136 Å². The average Bonchev–Trinajstić information content (AvgIpc) is 3.35. The van der Waals surface area contributed by atoms with Gasteiger partial charge in [-0.15, -0.1) is 0 Å². The number of carboxylic acids is 1. The first-order valence-electron chi connectivity index (χ1n) is 12.4. The van der Waals surface area contributed by atoms with Crippen LogP contribution in [0.15, 0.2) is 103 Å². The Morgan fingerprint density at radius 2 is 1.62 bits per heavy atom. The van der Waals surface area contributed by atoms with E-state index in [1.54, 1.807) is 30.3 Å². The lowest BCUT2D eigenvalue weighted by Crippen LogP contribution is -2.26. The molecule has 1 atom stereocenters. The molecule has 1 aromatic heterocycles. The smallest absolute Gasteiger partial charge is 0.335 e. The number of amides is 1. The summed E-state index contributed by atoms with van der Waals surface area (Å²) in [5.74, 6) is -1.19. The summed E-state index contributed by atoms with van der Waals surface area (Å²) in [6.45, 7) is 2.43. The minimum Gasteiger partial charge on any atom is -0.478 e. The Balaban J connectivity index is 1.34. The van der Waals surface area contributed by atoms with E-state index >= 15 is 0 Å². The van der Waals surface area contributed by atoms with Crippen LogP contribution < -0.4 is 5.32 Å². The molecular formula is C31H25N3O5. The zero-order valence-corrected chi connectivity index (χ0v) is 21.1. The third kappa shape index (κ3) is 5.40. The summed E-state index contributed by atoms with van der Waals surface area (Å²) in [6, 6.07) is 28.2. The largest absolute Gasteiger partial charge is 0.478 e. The van der Waals surface area contributed by atoms with Gasteiger partial charge in [0, 0.05) is 41.3 Å². The predicted molar refractivity (Wildman–Crippen MR) is 149 cm³/mol. The number of nitro benzene ring substituents is 1. The Hall–Kier alpha value is -5.24. The first kappa shape index (κ1) is 25.4. The van der Waals surface area contributed by atoms with Crippen LogP contribution in [-0.2, 0) is 6.54 Å². The number of hydrogen-bond donors (Lipinski definition) is 2. The summed E-state index contributed by atoms with van der Waals surface area (Å²) < 4.78 is 2.11. The van der Waals surface area contributed by atoms with Crippen LogP contribution in [0.2, 0.25) is 0 Å². The van der Waals surface area contributed by atoms with E-state index in [0.29, 0.717) is 12.1 Å². The fourth-order valence-electron chi connectivity index (χ4n) is 4.64. The molecule has 8 nitrogen and oxygen atoms in total. The van der Waals surface area contributed by atoms with Gasteiger partial charge in [0.05, 0.1) is 16.5 Å². The van der Waals surface area contributed by atoms with Crippen LogP contribution in [0.25, 0.3) is 22.0 Å². The molecule has 0 radical (unpaired) electrons. The summed E-state index contributed by atoms with van der Waals surface area (Å²) in [4.78, 5) is 34.6. The Labute approximate surface area is 224 Å². The van der Waals surface area contributed by atoms with Crippen molar-refractivity contribution in [1.82, 2.24) is 9.88 Å². The van der Waals surface area contributed by atoms with E-state index in [0.717, 1.165) is 33.2 Å². The number of hydrogen-bond acceptors (Lipinski definition) is 4. The number of nitrogens with zero attached hydrogens (tertiary/aromatic N) is 2. The maximum absolute atomic E-state index is 12.9. The van der Waals surface area contributed by atoms with Gasteiger partial charge in [0.1, 0.15) is 0 Å². The quantitative estimate of drug-likeness (QED) is 0.181. The van der Waals surface area contributed by atoms with Crippen molar-refractivity contribution in [2.75, 3.05) is 0 Å². The van der Waals surface area contributed by atoms with Crippen LogP contribution in [0, 0.1) is 10.1 Å². The second kappa shape index (κ2) is 10.6. The Bertz CT molecular complexity index is 1690. The van der Waals surface area contributed by atoms with Gasteiger partial charge in [-0.2, -0.15) is 0 Å². The van der Waals surface area contributed by atoms with E-state index in [4.69, 9.17) is 0 Å². The molecule has 5 aromatic rings. The summed E-state index contributed by atoms with van der Waals surface area (Å²) in [5, 5.41) is 24.0. The molecular weight excluding hydrogens is 494 g/mol. The highest BCUT2D eigenvalue weighted by molar-refractivity contribution is 5.98. The average molecular weight is 520 g/mol. The third-order valence-electron chi connectivity index (χ3n) is 6.79. The maximum Gasteiger partial charge on any atom is 0.335 e. The van der Waals surface area contributed by atoms with Crippen LogP contribution in [0.5, 0.6) is 0 Å². The number of carbonyl (C=O) groups is 2. The summed E-state index contributed by atoms with van der Waals surface area (Å²) in [5.41, 5.74) is 5.56. The van der Waals surface area contributed by atoms with E-state index < -0.39 is 10.9 Å². The molecule has 1 heterocycles. The van der Waals surface area contributed by atoms with Gasteiger partial charge in [-0.05, 0) is 65.6 Å². The van der Waals surface area contributed by atoms with E-state index in [-0.39, 0.29) is 23.2 Å². The molecule has 0 bridgehead atoms. The number of aromatic carboxylic acids is 1. The first-order chi connectivity index (χ1) is 18.8. The van der Waals surface area contributed by atoms with Crippen LogP contribution >= 0.6 is 0 Å². The molecule has 8 heteroatoms. The second-order valence-electron chi connectivity index (χ2n) is 9.30. The number of aromatic nitrogens is 1. The zero-order chi connectivity index (χ0) is 27.5. The molecule has 39 heavy (non-hydrogen) atoms. The number of benzene rings is 4. The van der Waals surface area contributed by atoms with Gasteiger partial charge in [-0.25, -0.2) is 4.79 Å². The van der Waals surface area contributed by atoms with Crippen molar-refractivity contribution in [1.29, 1.82) is 0 Å². The number of non-ortho nitro benzene ring substituents is 1. The Kier molecular flexibility index (Phi) is 6.93. The molecule has 0 spiro atoms. The highest BCUT2D eigenvalue weighted by atomic mass is 16.6. The standard InChI is InChI=1S/C31H25N3O5/c1-20(21-10-13-27(14-11-21)34(38)39)32-30(35)25-12-15-29-24(18-25)16-17-33(29)19-26-4-2-3-5-28(26)22-6-8-23(9-7-22)31(36)37/h2-18,20H,19H2,1H3,(H,32,35)(H,36,37). The molecule has 194 valence electrons. The highest BCUT2D eigenvalue weighted by Gasteiger charge is 2.15. The van der Waals surface area contributed by atoms with E-state index in [1.165, 1.54) is 12.1 Å². The highest BCUT2D eigenvalue weighted by Crippen LogP contribution is 2.27. The van der Waals surface area contributed by atoms with Gasteiger partial charge < -0.3 is 15.0 Å². The van der Waals surface area contributed by atoms with Gasteiger partial charge in [0.2, 0.25) is 0 Å². The van der Waals surface area contributed by atoms with Gasteiger partial charge >= 0.3 is 5.97 Å². The number of nitro groups is 1. The molecule has 0 fully saturated rings. The van der Waals surface area contributed by atoms with Gasteiger partial charge in [0.25, 0.3) is 11.6 Å². The Morgan fingerprint density at radius 1 is 0.923 bits per heavy atom. The SMILES string of the molecule is CC(NC(=O)c1ccc2c(ccn2Cc2ccccc2-c2ccc(C(=O)O)cc2)c1)c1ccc([N+](=O)[O-])cc1. The van der Waals surface area contributed by atoms with Crippen LogP contribution in [0.4, 0.5) is 5.69 Å². The van der Waals surface area contributed by atoms with Gasteiger partial charge in [0.15, 0.2) is 0 Å². The number of carboxylic acid groups (broad SMARTS) is 1. The molecule has 1 amide bonds. The lowest BCUT2D eigenvalue weighted by atomic mass is 9.98. The third-order valence-corrected chi connectivity index (χ3v) is 6.79. The molecule has 2 N–H and O–H groups in total. The second-order valence-corrected chi connectivity index (χ2v) is 9.30. The van der Waals surface area contributed by atoms with E-state index in [2.05, 4.69) is 9.88 Å². The fourth-order valence-corrected chi connectivity index (χ4v) is 4.64. The molecule has 5 rings (SSSR count). The van der Waals surface area contributed by atoms with Crippen molar-refractivity contribution >= 4 is 28.5 Å². The molecule has 0 aliphatic heterocycles. The molecule has 4 aromatic carbocycles. The molecule has 0 saturated carbocycles. The van der Waals surface area contributed by atoms with Crippen molar-refractivity contribution in [2.24, 2.45) is 0 Å². The minimum absolute atomic E-state index is 0.00551. The van der Waals surface area contributed by atoms with Crippen molar-refractivity contribution < 1.29 is 19.6 Å². The molecule has 0 saturated heterocycles. The zero-order valence-electron chi connectivity index (χ0n) is 21.1. The molecule has 0 aliphatic carbocycles. The first-order valence-corrected chi connectivity index (χ1v) is 12.4. The predicted octanol–water partition coefficient (Wildman–Crippen LogP) is 6.45. The Morgan fingerprint density at radius 3 is 2.31 bits per heavy atom. The molecule has 1 unspecified atom stereocenters. The summed E-state index contributed by atoms with van der Waals surface area (Å²) in [6.07, 6.45) is 1.98. The monoisotopic (exact) mass is 519 g/mol. The van der Waals surface area contributed by atoms with Crippen molar-refractivity contribution in [3.63, 3.8) is 0 Å². The summed E-state index contributed by atoms with van der Waals surface area (Å²) >= 11 is 0. The van der Waals surface area contributed by atoms with E-state index in [1.807, 2.05) is 67.7 Å². The van der Waals surface area contributed by atoms with Gasteiger partial charge in [-0.3, -0.25) is 14.9 Å². The van der Waals surface area contributed by atoms with Crippen molar-refractivity contribution in [3.8, 4) is 11.1 Å². The normalized spacial score (nSPS) is 11.7. The van der Waals surface area contributed by atoms with Gasteiger partial charge in [-0.1, -0.05) is 48.5 Å². The lowest BCUT2D eigenvalue weighted by Gasteiger charge is -2.15. The number of nitrogens with one attached hydrogen (secondary N) is 1.